The van der Waals surface area contributed by atoms with Gasteiger partial charge in [0.15, 0.2) is 0 Å². The number of aryl methyl sites for hydroxylation is 1. The molecule has 0 saturated carbocycles. The number of hydrogen-bond acceptors (Lipinski definition) is 1. The Kier molecular flexibility index (Phi) is 8.45. The van der Waals surface area contributed by atoms with Crippen molar-refractivity contribution in [2.24, 2.45) is 0 Å². The summed E-state index contributed by atoms with van der Waals surface area (Å²) in [5.41, 5.74) is 1.44. The van der Waals surface area contributed by atoms with Crippen LogP contribution in [-0.2, 0) is 11.2 Å². The summed E-state index contributed by atoms with van der Waals surface area (Å²) < 4.78 is 0. The van der Waals surface area contributed by atoms with E-state index in [4.69, 9.17) is 0 Å². The molecule has 2 nitrogen and oxygen atoms in total. The van der Waals surface area contributed by atoms with Crippen LogP contribution < -0.4 is 0 Å². The van der Waals surface area contributed by atoms with Gasteiger partial charge in [-0.25, -0.2) is 0 Å². The van der Waals surface area contributed by atoms with E-state index in [1.165, 1.54) is 37.7 Å². The van der Waals surface area contributed by atoms with Crippen LogP contribution in [0.15, 0.2) is 42.5 Å². The average Bonchev–Trinajstić information content (AvgIpc) is 2.46. The summed E-state index contributed by atoms with van der Waals surface area (Å²) in [5.74, 6) is 0. The number of nitrogens with zero attached hydrogens (tertiary/aromatic N) is 1. The van der Waals surface area contributed by atoms with Crippen molar-refractivity contribution in [2.45, 2.75) is 38.5 Å². The molecule has 0 heterocycles. The smallest absolute Gasteiger partial charge is 0.209 e. The molecular weight excluding hydrogens is 234 g/mol. The zero-order chi connectivity index (χ0) is 13.8. The predicted molar refractivity (Wildman–Crippen MR) is 81.1 cm³/mol. The van der Waals surface area contributed by atoms with Gasteiger partial charge in [0, 0.05) is 13.6 Å². The standard InChI is InChI=1S/C17H25NO/c1-18(16-19)15-11-6-4-2-3-5-8-12-17-13-9-7-10-14-17/h6-7,9-11,13-14,16H,2-5,8,12,15H2,1H3. The molecule has 0 radical (unpaired) electrons. The van der Waals surface area contributed by atoms with Crippen molar-refractivity contribution in [3.05, 3.63) is 48.0 Å². The van der Waals surface area contributed by atoms with Crippen molar-refractivity contribution < 1.29 is 4.79 Å². The first-order valence-corrected chi connectivity index (χ1v) is 7.17. The number of carbonyl (C=O) groups is 1. The first-order valence-electron chi connectivity index (χ1n) is 7.17. The number of unbranched alkanes of at least 4 members (excludes halogenated alkanes) is 4. The molecule has 1 aromatic rings. The second-order valence-corrected chi connectivity index (χ2v) is 4.95. The second kappa shape index (κ2) is 10.4. The summed E-state index contributed by atoms with van der Waals surface area (Å²) in [6.45, 7) is 0.720. The monoisotopic (exact) mass is 259 g/mol. The van der Waals surface area contributed by atoms with Crippen molar-refractivity contribution in [1.82, 2.24) is 4.90 Å². The maximum Gasteiger partial charge on any atom is 0.209 e. The molecule has 1 aromatic carbocycles. The highest BCUT2D eigenvalue weighted by Crippen LogP contribution is 2.08. The molecule has 0 N–H and O–H groups in total. The molecular formula is C17H25NO. The molecule has 0 bridgehead atoms. The zero-order valence-electron chi connectivity index (χ0n) is 11.9. The fourth-order valence-corrected chi connectivity index (χ4v) is 1.99. The van der Waals surface area contributed by atoms with Crippen LogP contribution in [0, 0.1) is 0 Å². The quantitative estimate of drug-likeness (QED) is 0.355. The number of hydrogen-bond donors (Lipinski definition) is 0. The van der Waals surface area contributed by atoms with Gasteiger partial charge in [0.2, 0.25) is 6.41 Å². The lowest BCUT2D eigenvalue weighted by Gasteiger charge is -2.05. The van der Waals surface area contributed by atoms with Crippen LogP contribution in [0.5, 0.6) is 0 Å². The molecule has 0 unspecified atom stereocenters. The van der Waals surface area contributed by atoms with Crippen molar-refractivity contribution >= 4 is 6.41 Å². The highest BCUT2D eigenvalue weighted by Gasteiger charge is 1.92. The minimum Gasteiger partial charge on any atom is -0.345 e. The minimum atomic E-state index is 0.720. The molecule has 0 aliphatic rings. The van der Waals surface area contributed by atoms with Gasteiger partial charge in [-0.2, -0.15) is 0 Å². The van der Waals surface area contributed by atoms with E-state index in [0.717, 1.165) is 19.4 Å². The van der Waals surface area contributed by atoms with Gasteiger partial charge in [0.25, 0.3) is 0 Å². The summed E-state index contributed by atoms with van der Waals surface area (Å²) in [4.78, 5) is 12.0. The maximum atomic E-state index is 10.4. The average molecular weight is 259 g/mol. The van der Waals surface area contributed by atoms with E-state index < -0.39 is 0 Å². The number of allylic oxidation sites excluding steroid dienone is 1. The van der Waals surface area contributed by atoms with Crippen LogP contribution in [0.2, 0.25) is 0 Å². The minimum absolute atomic E-state index is 0.720. The highest BCUT2D eigenvalue weighted by molar-refractivity contribution is 5.46. The first-order chi connectivity index (χ1) is 9.33. The molecule has 0 saturated heterocycles. The van der Waals surface area contributed by atoms with Crippen molar-refractivity contribution in [2.75, 3.05) is 13.6 Å². The summed E-state index contributed by atoms with van der Waals surface area (Å²) in [7, 11) is 1.79. The molecule has 104 valence electrons. The third-order valence-electron chi connectivity index (χ3n) is 3.17. The molecule has 19 heavy (non-hydrogen) atoms. The lowest BCUT2D eigenvalue weighted by molar-refractivity contribution is -0.116. The highest BCUT2D eigenvalue weighted by atomic mass is 16.1. The van der Waals surface area contributed by atoms with Crippen molar-refractivity contribution in [3.8, 4) is 0 Å². The van der Waals surface area contributed by atoms with Gasteiger partial charge in [0.1, 0.15) is 0 Å². The number of likely N-dealkylation sites (N-methyl/N-ethyl adjacent to an activating group) is 1. The predicted octanol–water partition coefficient (Wildman–Crippen LogP) is 3.82. The Balaban J connectivity index is 1.93. The second-order valence-electron chi connectivity index (χ2n) is 4.95. The van der Waals surface area contributed by atoms with Gasteiger partial charge in [-0.1, -0.05) is 55.3 Å². The summed E-state index contributed by atoms with van der Waals surface area (Å²) in [6.07, 6.45) is 12.5. The van der Waals surface area contributed by atoms with Gasteiger partial charge < -0.3 is 4.90 Å². The van der Waals surface area contributed by atoms with E-state index >= 15 is 0 Å². The first kappa shape index (κ1) is 15.5. The van der Waals surface area contributed by atoms with Gasteiger partial charge >= 0.3 is 0 Å². The molecule has 0 fully saturated rings. The topological polar surface area (TPSA) is 20.3 Å². The molecule has 0 aromatic heterocycles. The Morgan fingerprint density at radius 1 is 1.00 bits per heavy atom. The Morgan fingerprint density at radius 2 is 1.74 bits per heavy atom. The number of benzene rings is 1. The number of rotatable bonds is 10. The van der Waals surface area contributed by atoms with Crippen LogP contribution >= 0.6 is 0 Å². The maximum absolute atomic E-state index is 10.4. The van der Waals surface area contributed by atoms with Gasteiger partial charge in [-0.05, 0) is 31.2 Å². The fraction of sp³-hybridized carbons (Fsp3) is 0.471. The number of carbonyl (C=O) groups excluding carboxylic acids is 1. The van der Waals surface area contributed by atoms with E-state index in [-0.39, 0.29) is 0 Å². The molecule has 0 spiro atoms. The Bertz CT molecular complexity index is 359. The van der Waals surface area contributed by atoms with Crippen LogP contribution in [0.4, 0.5) is 0 Å². The lowest BCUT2D eigenvalue weighted by atomic mass is 10.1. The molecule has 0 aliphatic heterocycles. The Morgan fingerprint density at radius 3 is 2.47 bits per heavy atom. The van der Waals surface area contributed by atoms with Crippen LogP contribution in [-0.4, -0.2) is 24.9 Å². The van der Waals surface area contributed by atoms with Crippen LogP contribution in [0.3, 0.4) is 0 Å². The SMILES string of the molecule is CN(C=O)CC=CCCCCCCc1ccccc1. The third kappa shape index (κ3) is 8.20. The largest absolute Gasteiger partial charge is 0.345 e. The van der Waals surface area contributed by atoms with E-state index in [2.05, 4.69) is 42.5 Å². The third-order valence-corrected chi connectivity index (χ3v) is 3.17. The van der Waals surface area contributed by atoms with E-state index in [0.29, 0.717) is 0 Å². The fourth-order valence-electron chi connectivity index (χ4n) is 1.99. The van der Waals surface area contributed by atoms with Crippen molar-refractivity contribution in [1.29, 1.82) is 0 Å². The number of amides is 1. The van der Waals surface area contributed by atoms with Gasteiger partial charge in [0.05, 0.1) is 0 Å². The summed E-state index contributed by atoms with van der Waals surface area (Å²) >= 11 is 0. The normalized spacial score (nSPS) is 10.8. The molecule has 1 rings (SSSR count). The van der Waals surface area contributed by atoms with Crippen LogP contribution in [0.25, 0.3) is 0 Å². The molecule has 2 heteroatoms. The van der Waals surface area contributed by atoms with E-state index in [9.17, 15) is 4.79 Å². The zero-order valence-corrected chi connectivity index (χ0v) is 11.9. The summed E-state index contributed by atoms with van der Waals surface area (Å²) in [5, 5.41) is 0. The molecule has 0 aliphatic carbocycles. The Hall–Kier alpha value is -1.57. The van der Waals surface area contributed by atoms with Crippen molar-refractivity contribution in [3.63, 3.8) is 0 Å². The van der Waals surface area contributed by atoms with Gasteiger partial charge in [-0.15, -0.1) is 0 Å². The van der Waals surface area contributed by atoms with Crippen LogP contribution in [0.1, 0.15) is 37.7 Å². The van der Waals surface area contributed by atoms with E-state index in [1.807, 2.05) is 0 Å². The van der Waals surface area contributed by atoms with E-state index in [1.54, 1.807) is 11.9 Å². The molecule has 1 amide bonds. The molecule has 0 atom stereocenters. The van der Waals surface area contributed by atoms with Gasteiger partial charge in [-0.3, -0.25) is 4.79 Å². The Labute approximate surface area is 117 Å². The summed E-state index contributed by atoms with van der Waals surface area (Å²) in [6, 6.07) is 10.7. The lowest BCUT2D eigenvalue weighted by Crippen LogP contribution is -2.14.